The number of aryl methyl sites for hydroxylation is 1. The lowest BCUT2D eigenvalue weighted by molar-refractivity contribution is 0.479. The maximum atomic E-state index is 14.1. The molecule has 0 saturated carbocycles. The third-order valence-corrected chi connectivity index (χ3v) is 6.25. The molecule has 0 fully saturated rings. The summed E-state index contributed by atoms with van der Waals surface area (Å²) in [5.41, 5.74) is 5.07. The molecule has 1 aliphatic carbocycles. The van der Waals surface area contributed by atoms with Gasteiger partial charge in [-0.1, -0.05) is 34.6 Å². The van der Waals surface area contributed by atoms with Crippen LogP contribution in [0.5, 0.6) is 0 Å². The normalized spacial score (nSPS) is 13.6. The number of aromatic nitrogens is 1. The van der Waals surface area contributed by atoms with Gasteiger partial charge in [0.25, 0.3) is 0 Å². The van der Waals surface area contributed by atoms with Crippen molar-refractivity contribution in [1.82, 2.24) is 4.98 Å². The Morgan fingerprint density at radius 1 is 0.969 bits per heavy atom. The van der Waals surface area contributed by atoms with Gasteiger partial charge in [-0.3, -0.25) is 0 Å². The van der Waals surface area contributed by atoms with Crippen molar-refractivity contribution in [3.8, 4) is 0 Å². The highest BCUT2D eigenvalue weighted by Gasteiger charge is 2.22. The quantitative estimate of drug-likeness (QED) is 0.278. The summed E-state index contributed by atoms with van der Waals surface area (Å²) in [4.78, 5) is 4.55. The number of aliphatic hydroxyl groups is 1. The van der Waals surface area contributed by atoms with Gasteiger partial charge in [0.05, 0.1) is 5.69 Å². The Morgan fingerprint density at radius 2 is 1.72 bits per heavy atom. The zero-order valence-corrected chi connectivity index (χ0v) is 18.9. The maximum absolute atomic E-state index is 14.1. The standard InChI is InChI=1S/C26H21BrF3NO/c1-15(32)24-6-3-7-25(31-24)19-5-2-4-18(19)21-14-17(27)10-8-16(21)9-11-20-22(28)12-13-23(29)26(20)30/h3,6-8,10,12-14,32H,1-2,4-5,9,11H2. The summed E-state index contributed by atoms with van der Waals surface area (Å²) < 4.78 is 42.8. The zero-order valence-electron chi connectivity index (χ0n) is 17.3. The summed E-state index contributed by atoms with van der Waals surface area (Å²) in [6.45, 7) is 3.55. The first kappa shape index (κ1) is 22.3. The summed E-state index contributed by atoms with van der Waals surface area (Å²) in [6.07, 6.45) is 3.04. The SMILES string of the molecule is C=C(O)c1cccc(C2=C(c3cc(Br)ccc3CCc3c(F)ccc(F)c3F)CCC2)n1. The maximum Gasteiger partial charge on any atom is 0.164 e. The molecule has 2 aromatic carbocycles. The van der Waals surface area contributed by atoms with Crippen LogP contribution in [-0.2, 0) is 12.8 Å². The first-order valence-corrected chi connectivity index (χ1v) is 11.1. The molecule has 0 saturated heterocycles. The van der Waals surface area contributed by atoms with Gasteiger partial charge in [0.2, 0.25) is 0 Å². The topological polar surface area (TPSA) is 33.1 Å². The Hall–Kier alpha value is -2.86. The Bertz CT molecular complexity index is 1240. The van der Waals surface area contributed by atoms with E-state index in [0.717, 1.165) is 63.8 Å². The average molecular weight is 500 g/mol. The van der Waals surface area contributed by atoms with Gasteiger partial charge in [0.1, 0.15) is 17.3 Å². The van der Waals surface area contributed by atoms with Crippen LogP contribution in [0.4, 0.5) is 13.2 Å². The van der Waals surface area contributed by atoms with Gasteiger partial charge in [-0.05, 0) is 90.8 Å². The van der Waals surface area contributed by atoms with E-state index in [-0.39, 0.29) is 17.7 Å². The molecular weight excluding hydrogens is 479 g/mol. The lowest BCUT2D eigenvalue weighted by atomic mass is 9.92. The molecule has 1 N–H and O–H groups in total. The number of nitrogens with zero attached hydrogens (tertiary/aromatic N) is 1. The van der Waals surface area contributed by atoms with E-state index in [2.05, 4.69) is 27.5 Å². The largest absolute Gasteiger partial charge is 0.506 e. The molecule has 2 nitrogen and oxygen atoms in total. The number of pyridine rings is 1. The Labute approximate surface area is 193 Å². The molecule has 4 rings (SSSR count). The second kappa shape index (κ2) is 9.33. The molecule has 0 bridgehead atoms. The molecule has 0 aliphatic heterocycles. The lowest BCUT2D eigenvalue weighted by Crippen LogP contribution is -2.03. The fraction of sp³-hybridized carbons (Fsp3) is 0.192. The van der Waals surface area contributed by atoms with Gasteiger partial charge < -0.3 is 5.11 Å². The summed E-state index contributed by atoms with van der Waals surface area (Å²) in [7, 11) is 0. The van der Waals surface area contributed by atoms with Gasteiger partial charge >= 0.3 is 0 Å². The molecule has 1 aromatic heterocycles. The number of aliphatic hydroxyl groups excluding tert-OH is 1. The highest BCUT2D eigenvalue weighted by atomic mass is 79.9. The van der Waals surface area contributed by atoms with E-state index in [1.807, 2.05) is 30.3 Å². The van der Waals surface area contributed by atoms with Gasteiger partial charge in [0.15, 0.2) is 11.6 Å². The summed E-state index contributed by atoms with van der Waals surface area (Å²) in [6, 6.07) is 13.0. The highest BCUT2D eigenvalue weighted by molar-refractivity contribution is 9.10. The summed E-state index contributed by atoms with van der Waals surface area (Å²) >= 11 is 3.53. The van der Waals surface area contributed by atoms with Gasteiger partial charge in [-0.25, -0.2) is 18.2 Å². The van der Waals surface area contributed by atoms with Crippen molar-refractivity contribution >= 4 is 32.8 Å². The monoisotopic (exact) mass is 499 g/mol. The molecule has 164 valence electrons. The Kier molecular flexibility index (Phi) is 6.51. The highest BCUT2D eigenvalue weighted by Crippen LogP contribution is 2.41. The molecule has 1 aliphatic rings. The van der Waals surface area contributed by atoms with Crippen molar-refractivity contribution in [2.75, 3.05) is 0 Å². The van der Waals surface area contributed by atoms with Crippen molar-refractivity contribution in [2.45, 2.75) is 32.1 Å². The molecule has 0 unspecified atom stereocenters. The molecule has 6 heteroatoms. The number of allylic oxidation sites excluding steroid dienone is 2. The second-order valence-corrected chi connectivity index (χ2v) is 8.70. The van der Waals surface area contributed by atoms with Gasteiger partial charge in [-0.2, -0.15) is 0 Å². The van der Waals surface area contributed by atoms with Crippen LogP contribution in [0.2, 0.25) is 0 Å². The van der Waals surface area contributed by atoms with Crippen LogP contribution in [0.15, 0.2) is 59.6 Å². The van der Waals surface area contributed by atoms with E-state index in [1.165, 1.54) is 0 Å². The van der Waals surface area contributed by atoms with Crippen molar-refractivity contribution < 1.29 is 18.3 Å². The Balaban J connectivity index is 1.73. The number of halogens is 4. The number of benzene rings is 2. The van der Waals surface area contributed by atoms with Gasteiger partial charge in [-0.15, -0.1) is 0 Å². The zero-order chi connectivity index (χ0) is 22.8. The van der Waals surface area contributed by atoms with Crippen LogP contribution < -0.4 is 0 Å². The molecule has 0 spiro atoms. The summed E-state index contributed by atoms with van der Waals surface area (Å²) in [5.74, 6) is -3.01. The Morgan fingerprint density at radius 3 is 2.50 bits per heavy atom. The molecule has 32 heavy (non-hydrogen) atoms. The molecule has 0 radical (unpaired) electrons. The third-order valence-electron chi connectivity index (χ3n) is 5.75. The smallest absolute Gasteiger partial charge is 0.164 e. The van der Waals surface area contributed by atoms with Crippen molar-refractivity contribution in [2.24, 2.45) is 0 Å². The minimum atomic E-state index is -1.13. The van der Waals surface area contributed by atoms with E-state index < -0.39 is 17.5 Å². The van der Waals surface area contributed by atoms with Crippen LogP contribution in [0.3, 0.4) is 0 Å². The van der Waals surface area contributed by atoms with Crippen LogP contribution in [0.1, 0.15) is 47.3 Å². The fourth-order valence-electron chi connectivity index (χ4n) is 4.19. The van der Waals surface area contributed by atoms with Crippen molar-refractivity contribution in [1.29, 1.82) is 0 Å². The first-order chi connectivity index (χ1) is 15.3. The van der Waals surface area contributed by atoms with E-state index in [4.69, 9.17) is 0 Å². The van der Waals surface area contributed by atoms with E-state index >= 15 is 0 Å². The number of hydrogen-bond acceptors (Lipinski definition) is 2. The van der Waals surface area contributed by atoms with Crippen LogP contribution in [-0.4, -0.2) is 10.1 Å². The van der Waals surface area contributed by atoms with Crippen molar-refractivity contribution in [3.63, 3.8) is 0 Å². The minimum Gasteiger partial charge on any atom is -0.506 e. The third kappa shape index (κ3) is 4.51. The van der Waals surface area contributed by atoms with E-state index in [0.29, 0.717) is 12.1 Å². The van der Waals surface area contributed by atoms with Crippen LogP contribution >= 0.6 is 15.9 Å². The number of hydrogen-bond donors (Lipinski definition) is 1. The van der Waals surface area contributed by atoms with E-state index in [1.54, 1.807) is 6.07 Å². The van der Waals surface area contributed by atoms with Crippen LogP contribution in [0.25, 0.3) is 16.9 Å². The fourth-order valence-corrected chi connectivity index (χ4v) is 4.55. The molecule has 0 atom stereocenters. The summed E-state index contributed by atoms with van der Waals surface area (Å²) in [5, 5.41) is 9.73. The minimum absolute atomic E-state index is 0.0464. The molecular formula is C26H21BrF3NO. The van der Waals surface area contributed by atoms with E-state index in [9.17, 15) is 18.3 Å². The van der Waals surface area contributed by atoms with Crippen LogP contribution in [0, 0.1) is 17.5 Å². The first-order valence-electron chi connectivity index (χ1n) is 10.3. The lowest BCUT2D eigenvalue weighted by Gasteiger charge is -2.15. The van der Waals surface area contributed by atoms with Crippen molar-refractivity contribution in [3.05, 3.63) is 105 Å². The molecule has 0 amide bonds. The molecule has 1 heterocycles. The average Bonchev–Trinajstić information content (AvgIpc) is 3.27. The predicted octanol–water partition coefficient (Wildman–Crippen LogP) is 7.67. The number of rotatable bonds is 6. The predicted molar refractivity (Wildman–Crippen MR) is 124 cm³/mol. The van der Waals surface area contributed by atoms with Gasteiger partial charge in [0, 0.05) is 10.0 Å². The molecule has 3 aromatic rings. The second-order valence-electron chi connectivity index (χ2n) is 7.79.